The van der Waals surface area contributed by atoms with Gasteiger partial charge in [-0.3, -0.25) is 4.79 Å². The van der Waals surface area contributed by atoms with Crippen LogP contribution in [-0.4, -0.2) is 82.4 Å². The first kappa shape index (κ1) is 18.6. The van der Waals surface area contributed by atoms with Gasteiger partial charge in [-0.25, -0.2) is 12.8 Å². The van der Waals surface area contributed by atoms with Gasteiger partial charge in [0.15, 0.2) is 0 Å². The lowest BCUT2D eigenvalue weighted by Crippen LogP contribution is -2.50. The number of rotatable bonds is 5. The van der Waals surface area contributed by atoms with E-state index in [1.165, 1.54) is 20.2 Å². The van der Waals surface area contributed by atoms with Crippen LogP contribution < -0.4 is 4.74 Å². The maximum atomic E-state index is 13.4. The van der Waals surface area contributed by atoms with Crippen LogP contribution in [0.4, 0.5) is 4.39 Å². The highest BCUT2D eigenvalue weighted by molar-refractivity contribution is 7.89. The monoisotopic (exact) mass is 359 g/mol. The summed E-state index contributed by atoms with van der Waals surface area (Å²) in [6.07, 6.45) is 0. The van der Waals surface area contributed by atoms with Gasteiger partial charge < -0.3 is 14.5 Å². The summed E-state index contributed by atoms with van der Waals surface area (Å²) in [7, 11) is 0.535. The largest absolute Gasteiger partial charge is 0.495 e. The molecule has 0 unspecified atom stereocenters. The van der Waals surface area contributed by atoms with Crippen molar-refractivity contribution in [1.29, 1.82) is 0 Å². The van der Waals surface area contributed by atoms with Crippen molar-refractivity contribution < 1.29 is 22.3 Å². The van der Waals surface area contributed by atoms with Crippen molar-refractivity contribution in [2.45, 2.75) is 4.90 Å². The third kappa shape index (κ3) is 4.03. The molecule has 0 saturated carbocycles. The number of piperazine rings is 1. The molecule has 0 spiro atoms. The average Bonchev–Trinajstić information content (AvgIpc) is 2.55. The first-order chi connectivity index (χ1) is 11.3. The fraction of sp³-hybridized carbons (Fsp3) is 0.533. The molecule has 0 N–H and O–H groups in total. The summed E-state index contributed by atoms with van der Waals surface area (Å²) in [5.41, 5.74) is 0. The Morgan fingerprint density at radius 2 is 1.92 bits per heavy atom. The Morgan fingerprint density at radius 3 is 2.50 bits per heavy atom. The molecule has 1 amide bonds. The lowest BCUT2D eigenvalue weighted by atomic mass is 10.3. The van der Waals surface area contributed by atoms with Crippen LogP contribution in [0.1, 0.15) is 0 Å². The zero-order chi connectivity index (χ0) is 17.9. The van der Waals surface area contributed by atoms with Crippen molar-refractivity contribution in [3.63, 3.8) is 0 Å². The third-order valence-corrected chi connectivity index (χ3v) is 5.85. The van der Waals surface area contributed by atoms with E-state index in [0.29, 0.717) is 13.1 Å². The van der Waals surface area contributed by atoms with Gasteiger partial charge in [-0.05, 0) is 25.2 Å². The van der Waals surface area contributed by atoms with E-state index in [2.05, 4.69) is 4.90 Å². The van der Waals surface area contributed by atoms with Crippen LogP contribution in [0.25, 0.3) is 0 Å². The molecule has 134 valence electrons. The Hall–Kier alpha value is -1.71. The number of halogens is 1. The molecule has 1 saturated heterocycles. The van der Waals surface area contributed by atoms with Gasteiger partial charge in [-0.15, -0.1) is 0 Å². The van der Waals surface area contributed by atoms with Crippen molar-refractivity contribution >= 4 is 15.9 Å². The minimum Gasteiger partial charge on any atom is -0.495 e. The smallest absolute Gasteiger partial charge is 0.247 e. The Bertz CT molecular complexity index is 703. The number of ether oxygens (including phenoxy) is 1. The number of methoxy groups -OCH3 is 1. The predicted octanol–water partition coefficient (Wildman–Crippen LogP) is 0.229. The number of nitrogens with zero attached hydrogens (tertiary/aromatic N) is 3. The normalized spacial score (nSPS) is 16.5. The molecule has 0 bridgehead atoms. The van der Waals surface area contributed by atoms with E-state index in [1.807, 2.05) is 7.05 Å². The molecule has 1 aromatic carbocycles. The highest BCUT2D eigenvalue weighted by atomic mass is 32.2. The fourth-order valence-electron chi connectivity index (χ4n) is 2.45. The second kappa shape index (κ2) is 7.45. The van der Waals surface area contributed by atoms with Gasteiger partial charge in [0.25, 0.3) is 0 Å². The number of hydrogen-bond acceptors (Lipinski definition) is 5. The molecule has 1 fully saturated rings. The molecule has 7 nitrogen and oxygen atoms in total. The van der Waals surface area contributed by atoms with Crippen LogP contribution in [0.5, 0.6) is 5.75 Å². The summed E-state index contributed by atoms with van der Waals surface area (Å²) in [6, 6.07) is 3.26. The van der Waals surface area contributed by atoms with E-state index < -0.39 is 15.8 Å². The van der Waals surface area contributed by atoms with Gasteiger partial charge in [-0.2, -0.15) is 4.31 Å². The Balaban J connectivity index is 2.15. The number of amides is 1. The number of carbonyl (C=O) groups excluding carboxylic acids is 1. The van der Waals surface area contributed by atoms with E-state index in [0.717, 1.165) is 29.5 Å². The predicted molar refractivity (Wildman–Crippen MR) is 86.8 cm³/mol. The first-order valence-electron chi connectivity index (χ1n) is 7.52. The molecule has 0 radical (unpaired) electrons. The molecular weight excluding hydrogens is 337 g/mol. The SMILES string of the molecule is COc1ccc(F)cc1S(=O)(=O)N(C)CC(=O)N1CCN(C)CC1. The first-order valence-corrected chi connectivity index (χ1v) is 8.96. The van der Waals surface area contributed by atoms with Gasteiger partial charge in [0.05, 0.1) is 13.7 Å². The van der Waals surface area contributed by atoms with E-state index in [4.69, 9.17) is 4.74 Å². The van der Waals surface area contributed by atoms with Crippen LogP contribution in [0.15, 0.2) is 23.1 Å². The quantitative estimate of drug-likeness (QED) is 0.753. The lowest BCUT2D eigenvalue weighted by Gasteiger charge is -2.33. The molecule has 1 aliphatic rings. The zero-order valence-electron chi connectivity index (χ0n) is 14.0. The highest BCUT2D eigenvalue weighted by Gasteiger charge is 2.29. The molecule has 1 aliphatic heterocycles. The van der Waals surface area contributed by atoms with Gasteiger partial charge in [0.1, 0.15) is 16.5 Å². The molecule has 9 heteroatoms. The van der Waals surface area contributed by atoms with Crippen molar-refractivity contribution in [2.75, 3.05) is 53.9 Å². The molecule has 0 aromatic heterocycles. The van der Waals surface area contributed by atoms with Gasteiger partial charge in [-0.1, -0.05) is 0 Å². The minimum absolute atomic E-state index is 0.0373. The number of benzene rings is 1. The zero-order valence-corrected chi connectivity index (χ0v) is 14.8. The van der Waals surface area contributed by atoms with Crippen molar-refractivity contribution in [2.24, 2.45) is 0 Å². The van der Waals surface area contributed by atoms with Crippen LogP contribution in [-0.2, 0) is 14.8 Å². The fourth-order valence-corrected chi connectivity index (χ4v) is 3.73. The Labute approximate surface area is 141 Å². The molecule has 0 aliphatic carbocycles. The molecule has 1 aromatic rings. The van der Waals surface area contributed by atoms with Crippen molar-refractivity contribution in [3.8, 4) is 5.75 Å². The van der Waals surface area contributed by atoms with Crippen LogP contribution >= 0.6 is 0 Å². The maximum Gasteiger partial charge on any atom is 0.247 e. The van der Waals surface area contributed by atoms with E-state index in [1.54, 1.807) is 4.90 Å². The second-order valence-corrected chi connectivity index (χ2v) is 7.75. The Kier molecular flexibility index (Phi) is 5.79. The average molecular weight is 359 g/mol. The number of likely N-dealkylation sites (N-methyl/N-ethyl adjacent to an activating group) is 2. The molecule has 0 atom stereocenters. The number of carbonyl (C=O) groups is 1. The summed E-state index contributed by atoms with van der Waals surface area (Å²) < 4.78 is 44.6. The number of sulfonamides is 1. The minimum atomic E-state index is -4.04. The topological polar surface area (TPSA) is 70.2 Å². The summed E-state index contributed by atoms with van der Waals surface area (Å²) in [5, 5.41) is 0. The maximum absolute atomic E-state index is 13.4. The third-order valence-electron chi connectivity index (χ3n) is 4.03. The van der Waals surface area contributed by atoms with Crippen LogP contribution in [0.3, 0.4) is 0 Å². The van der Waals surface area contributed by atoms with E-state index >= 15 is 0 Å². The van der Waals surface area contributed by atoms with Gasteiger partial charge in [0, 0.05) is 33.2 Å². The summed E-state index contributed by atoms with van der Waals surface area (Å²) in [6.45, 7) is 2.32. The number of hydrogen-bond donors (Lipinski definition) is 0. The van der Waals surface area contributed by atoms with Crippen LogP contribution in [0.2, 0.25) is 0 Å². The van der Waals surface area contributed by atoms with Crippen molar-refractivity contribution in [1.82, 2.24) is 14.1 Å². The second-order valence-electron chi connectivity index (χ2n) is 5.74. The van der Waals surface area contributed by atoms with Gasteiger partial charge >= 0.3 is 0 Å². The molecular formula is C15H22FN3O4S. The van der Waals surface area contributed by atoms with Crippen molar-refractivity contribution in [3.05, 3.63) is 24.0 Å². The Morgan fingerprint density at radius 1 is 1.29 bits per heavy atom. The molecule has 24 heavy (non-hydrogen) atoms. The van der Waals surface area contributed by atoms with E-state index in [9.17, 15) is 17.6 Å². The lowest BCUT2D eigenvalue weighted by molar-refractivity contribution is -0.132. The van der Waals surface area contributed by atoms with E-state index in [-0.39, 0.29) is 23.1 Å². The highest BCUT2D eigenvalue weighted by Crippen LogP contribution is 2.26. The molecule has 1 heterocycles. The van der Waals surface area contributed by atoms with Gasteiger partial charge in [0.2, 0.25) is 15.9 Å². The summed E-state index contributed by atoms with van der Waals surface area (Å²) in [4.78, 5) is 15.8. The summed E-state index contributed by atoms with van der Waals surface area (Å²) in [5.74, 6) is -0.923. The molecule has 2 rings (SSSR count). The standard InChI is InChI=1S/C15H22FN3O4S/c1-17-6-8-19(9-7-17)15(20)11-18(2)24(21,22)14-10-12(16)4-5-13(14)23-3/h4-5,10H,6-9,11H2,1-3H3. The van der Waals surface area contributed by atoms with Crippen LogP contribution in [0, 0.1) is 5.82 Å². The summed E-state index contributed by atoms with van der Waals surface area (Å²) >= 11 is 0.